The summed E-state index contributed by atoms with van der Waals surface area (Å²) < 4.78 is 7.36. The number of hydrogen-bond acceptors (Lipinski definition) is 4. The van der Waals surface area contributed by atoms with E-state index in [2.05, 4.69) is 26.3 Å². The largest absolute Gasteiger partial charge is 0.385 e. The highest BCUT2D eigenvalue weighted by atomic mass is 79.9. The Labute approximate surface area is 127 Å². The van der Waals surface area contributed by atoms with Gasteiger partial charge in [0.05, 0.1) is 10.7 Å². The third-order valence-corrected chi connectivity index (χ3v) is 4.40. The molecule has 0 amide bonds. The quantitative estimate of drug-likeness (QED) is 0.826. The number of hydrogen-bond donors (Lipinski definition) is 1. The molecule has 1 aliphatic carbocycles. The molecule has 1 N–H and O–H groups in total. The number of nitrogens with zero attached hydrogens (tertiary/aromatic N) is 2. The van der Waals surface area contributed by atoms with Gasteiger partial charge in [-0.2, -0.15) is 5.10 Å². The summed E-state index contributed by atoms with van der Waals surface area (Å²) in [7, 11) is 1.68. The molecule has 1 unspecified atom stereocenters. The number of ether oxygens (including phenoxy) is 1. The molecule has 0 saturated heterocycles. The summed E-state index contributed by atoms with van der Waals surface area (Å²) in [4.78, 5) is 12.5. The number of aromatic nitrogens is 2. The molecule has 112 valence electrons. The molecule has 2 rings (SSSR count). The standard InChI is InChI=1S/C14H22BrN3O2/c1-10(6-7-20-2)17-13-12(15)8-16-18(14(13)19)9-11-4-3-5-11/h8,10-11,17H,3-7,9H2,1-2H3. The minimum atomic E-state index is -0.0458. The van der Waals surface area contributed by atoms with E-state index in [0.29, 0.717) is 18.2 Å². The Kier molecular flexibility index (Phi) is 5.60. The molecule has 0 spiro atoms. The van der Waals surface area contributed by atoms with Gasteiger partial charge < -0.3 is 10.1 Å². The van der Waals surface area contributed by atoms with Gasteiger partial charge in [-0.3, -0.25) is 4.79 Å². The maximum Gasteiger partial charge on any atom is 0.291 e. The minimum Gasteiger partial charge on any atom is -0.385 e. The van der Waals surface area contributed by atoms with Crippen LogP contribution in [0.3, 0.4) is 0 Å². The maximum atomic E-state index is 12.5. The third kappa shape index (κ3) is 3.82. The molecule has 0 aliphatic heterocycles. The van der Waals surface area contributed by atoms with Crippen LogP contribution in [0.4, 0.5) is 5.69 Å². The van der Waals surface area contributed by atoms with Gasteiger partial charge in [0.1, 0.15) is 5.69 Å². The van der Waals surface area contributed by atoms with Crippen molar-refractivity contribution in [2.75, 3.05) is 19.0 Å². The fourth-order valence-corrected chi connectivity index (χ4v) is 2.64. The zero-order chi connectivity index (χ0) is 14.5. The predicted molar refractivity (Wildman–Crippen MR) is 83.1 cm³/mol. The molecule has 1 fully saturated rings. The van der Waals surface area contributed by atoms with Gasteiger partial charge >= 0.3 is 0 Å². The summed E-state index contributed by atoms with van der Waals surface area (Å²) in [6.45, 7) is 3.45. The minimum absolute atomic E-state index is 0.0458. The van der Waals surface area contributed by atoms with E-state index >= 15 is 0 Å². The third-order valence-electron chi connectivity index (χ3n) is 3.80. The van der Waals surface area contributed by atoms with Gasteiger partial charge in [0.2, 0.25) is 0 Å². The van der Waals surface area contributed by atoms with Crippen LogP contribution in [0.25, 0.3) is 0 Å². The highest BCUT2D eigenvalue weighted by Gasteiger charge is 2.20. The molecule has 1 aromatic heterocycles. The summed E-state index contributed by atoms with van der Waals surface area (Å²) in [6, 6.07) is 0.179. The molecule has 0 bridgehead atoms. The molecule has 0 radical (unpaired) electrons. The molecule has 6 heteroatoms. The van der Waals surface area contributed by atoms with Crippen LogP contribution in [-0.4, -0.2) is 29.5 Å². The van der Waals surface area contributed by atoms with Crippen molar-refractivity contribution in [1.82, 2.24) is 9.78 Å². The molecular weight excluding hydrogens is 322 g/mol. The first-order valence-corrected chi connectivity index (χ1v) is 7.92. The van der Waals surface area contributed by atoms with Crippen LogP contribution in [-0.2, 0) is 11.3 Å². The Morgan fingerprint density at radius 3 is 2.95 bits per heavy atom. The van der Waals surface area contributed by atoms with Gasteiger partial charge in [-0.25, -0.2) is 4.68 Å². The summed E-state index contributed by atoms with van der Waals surface area (Å²) in [5.74, 6) is 0.611. The number of nitrogens with one attached hydrogen (secondary N) is 1. The Balaban J connectivity index is 2.09. The fourth-order valence-electron chi connectivity index (χ4n) is 2.26. The Hall–Kier alpha value is -0.880. The summed E-state index contributed by atoms with van der Waals surface area (Å²) in [5.41, 5.74) is 0.554. The van der Waals surface area contributed by atoms with Crippen LogP contribution < -0.4 is 10.9 Å². The Morgan fingerprint density at radius 2 is 2.35 bits per heavy atom. The summed E-state index contributed by atoms with van der Waals surface area (Å²) in [6.07, 6.45) is 6.24. The molecule has 1 aliphatic rings. The predicted octanol–water partition coefficient (Wildman–Crippen LogP) is 2.64. The van der Waals surface area contributed by atoms with Crippen molar-refractivity contribution in [1.29, 1.82) is 0 Å². The van der Waals surface area contributed by atoms with Gasteiger partial charge in [0.15, 0.2) is 0 Å². The van der Waals surface area contributed by atoms with Crippen LogP contribution in [0.2, 0.25) is 0 Å². The first kappa shape index (κ1) is 15.5. The molecule has 1 saturated carbocycles. The maximum absolute atomic E-state index is 12.5. The van der Waals surface area contributed by atoms with E-state index in [0.717, 1.165) is 17.4 Å². The zero-order valence-electron chi connectivity index (χ0n) is 12.1. The second-order valence-corrected chi connectivity index (χ2v) is 6.33. The van der Waals surface area contributed by atoms with Gasteiger partial charge in [0.25, 0.3) is 5.56 Å². The molecule has 1 aromatic rings. The molecule has 20 heavy (non-hydrogen) atoms. The Bertz CT molecular complexity index is 500. The van der Waals surface area contributed by atoms with E-state index in [-0.39, 0.29) is 11.6 Å². The smallest absolute Gasteiger partial charge is 0.291 e. The molecule has 1 heterocycles. The Morgan fingerprint density at radius 1 is 1.60 bits per heavy atom. The second-order valence-electron chi connectivity index (χ2n) is 5.48. The van der Waals surface area contributed by atoms with Crippen molar-refractivity contribution in [3.63, 3.8) is 0 Å². The lowest BCUT2D eigenvalue weighted by atomic mass is 9.85. The lowest BCUT2D eigenvalue weighted by Crippen LogP contribution is -2.32. The number of methoxy groups -OCH3 is 1. The van der Waals surface area contributed by atoms with E-state index in [1.165, 1.54) is 19.3 Å². The van der Waals surface area contributed by atoms with Gasteiger partial charge in [-0.15, -0.1) is 0 Å². The lowest BCUT2D eigenvalue weighted by Gasteiger charge is -2.25. The topological polar surface area (TPSA) is 56.1 Å². The number of halogens is 1. The normalized spacial score (nSPS) is 16.8. The average molecular weight is 344 g/mol. The highest BCUT2D eigenvalue weighted by molar-refractivity contribution is 9.10. The van der Waals surface area contributed by atoms with Gasteiger partial charge in [0, 0.05) is 26.3 Å². The van der Waals surface area contributed by atoms with Crippen molar-refractivity contribution in [2.24, 2.45) is 5.92 Å². The molecule has 5 nitrogen and oxygen atoms in total. The van der Waals surface area contributed by atoms with Crippen LogP contribution in [0.15, 0.2) is 15.5 Å². The summed E-state index contributed by atoms with van der Waals surface area (Å²) >= 11 is 3.41. The van der Waals surface area contributed by atoms with Gasteiger partial charge in [-0.05, 0) is 48.0 Å². The van der Waals surface area contributed by atoms with E-state index in [9.17, 15) is 4.79 Å². The van der Waals surface area contributed by atoms with Crippen molar-refractivity contribution in [2.45, 2.75) is 45.2 Å². The van der Waals surface area contributed by atoms with Crippen molar-refractivity contribution < 1.29 is 4.74 Å². The molecular formula is C14H22BrN3O2. The van der Waals surface area contributed by atoms with E-state index in [1.54, 1.807) is 18.0 Å². The van der Waals surface area contributed by atoms with Crippen molar-refractivity contribution in [3.05, 3.63) is 21.0 Å². The van der Waals surface area contributed by atoms with Gasteiger partial charge in [-0.1, -0.05) is 6.42 Å². The van der Waals surface area contributed by atoms with Crippen LogP contribution in [0.1, 0.15) is 32.6 Å². The SMILES string of the molecule is COCCC(C)Nc1c(Br)cnn(CC2CCC2)c1=O. The highest BCUT2D eigenvalue weighted by Crippen LogP contribution is 2.27. The van der Waals surface area contributed by atoms with Crippen molar-refractivity contribution in [3.8, 4) is 0 Å². The van der Waals surface area contributed by atoms with E-state index < -0.39 is 0 Å². The van der Waals surface area contributed by atoms with E-state index in [1.807, 2.05) is 6.92 Å². The molecule has 1 atom stereocenters. The van der Waals surface area contributed by atoms with E-state index in [4.69, 9.17) is 4.74 Å². The lowest BCUT2D eigenvalue weighted by molar-refractivity contribution is 0.191. The zero-order valence-corrected chi connectivity index (χ0v) is 13.6. The van der Waals surface area contributed by atoms with Crippen LogP contribution in [0, 0.1) is 5.92 Å². The van der Waals surface area contributed by atoms with Crippen LogP contribution >= 0.6 is 15.9 Å². The molecule has 0 aromatic carbocycles. The van der Waals surface area contributed by atoms with Crippen molar-refractivity contribution >= 4 is 21.6 Å². The number of anilines is 1. The average Bonchev–Trinajstić information content (AvgIpc) is 2.38. The first-order chi connectivity index (χ1) is 9.61. The summed E-state index contributed by atoms with van der Waals surface area (Å²) in [5, 5.41) is 7.49. The monoisotopic (exact) mass is 343 g/mol. The second kappa shape index (κ2) is 7.22. The first-order valence-electron chi connectivity index (χ1n) is 7.13. The fraction of sp³-hybridized carbons (Fsp3) is 0.714. The number of rotatable bonds is 7. The van der Waals surface area contributed by atoms with Crippen LogP contribution in [0.5, 0.6) is 0 Å².